The zero-order chi connectivity index (χ0) is 21.1. The van der Waals surface area contributed by atoms with E-state index in [0.717, 1.165) is 32.7 Å². The van der Waals surface area contributed by atoms with Gasteiger partial charge in [0.05, 0.1) is 23.4 Å². The Labute approximate surface area is 180 Å². The Bertz CT molecular complexity index is 1190. The summed E-state index contributed by atoms with van der Waals surface area (Å²) in [6, 6.07) is 15.6. The molecule has 0 unspecified atom stereocenters. The summed E-state index contributed by atoms with van der Waals surface area (Å²) in [4.78, 5) is 24.3. The number of anilines is 1. The quantitative estimate of drug-likeness (QED) is 0.412. The van der Waals surface area contributed by atoms with Crippen molar-refractivity contribution < 1.29 is 9.53 Å². The maximum absolute atomic E-state index is 13.6. The number of aromatic nitrogens is 2. The van der Waals surface area contributed by atoms with Crippen molar-refractivity contribution in [1.82, 2.24) is 9.97 Å². The van der Waals surface area contributed by atoms with E-state index in [1.807, 2.05) is 69.3 Å². The average molecular weight is 418 g/mol. The lowest BCUT2D eigenvalue weighted by Gasteiger charge is -2.21. The predicted molar refractivity (Wildman–Crippen MR) is 121 cm³/mol. The molecule has 0 fully saturated rings. The summed E-state index contributed by atoms with van der Waals surface area (Å²) in [6.45, 7) is 6.92. The van der Waals surface area contributed by atoms with Gasteiger partial charge in [0.2, 0.25) is 0 Å². The maximum Gasteiger partial charge on any atom is 0.260 e. The third-order valence-electron chi connectivity index (χ3n) is 4.82. The number of pyridine rings is 1. The largest absolute Gasteiger partial charge is 0.494 e. The number of nitrogens with zero attached hydrogens (tertiary/aromatic N) is 3. The van der Waals surface area contributed by atoms with Gasteiger partial charge in [0, 0.05) is 18.0 Å². The highest BCUT2D eigenvalue weighted by molar-refractivity contribution is 7.22. The van der Waals surface area contributed by atoms with Crippen molar-refractivity contribution in [1.29, 1.82) is 0 Å². The van der Waals surface area contributed by atoms with Crippen LogP contribution in [0, 0.1) is 13.8 Å². The van der Waals surface area contributed by atoms with E-state index in [2.05, 4.69) is 4.98 Å². The fraction of sp³-hybridized carbons (Fsp3) is 0.208. The molecule has 152 valence electrons. The van der Waals surface area contributed by atoms with Gasteiger partial charge in [-0.2, -0.15) is 0 Å². The molecule has 0 bridgehead atoms. The number of fused-ring (bicyclic) bond motifs is 1. The zero-order valence-electron chi connectivity index (χ0n) is 17.3. The summed E-state index contributed by atoms with van der Waals surface area (Å²) in [6.07, 6.45) is 3.51. The van der Waals surface area contributed by atoms with Gasteiger partial charge in [0.15, 0.2) is 5.13 Å². The number of thiazole rings is 1. The molecule has 0 spiro atoms. The molecule has 2 aromatic carbocycles. The summed E-state index contributed by atoms with van der Waals surface area (Å²) in [5.74, 6) is 0.740. The van der Waals surface area contributed by atoms with Crippen LogP contribution in [0.3, 0.4) is 0 Å². The topological polar surface area (TPSA) is 55.3 Å². The molecule has 0 saturated carbocycles. The molecule has 0 aliphatic rings. The van der Waals surface area contributed by atoms with E-state index >= 15 is 0 Å². The van der Waals surface area contributed by atoms with Gasteiger partial charge in [-0.05, 0) is 62.2 Å². The molecule has 0 radical (unpaired) electrons. The van der Waals surface area contributed by atoms with E-state index in [4.69, 9.17) is 9.72 Å². The molecule has 30 heavy (non-hydrogen) atoms. The van der Waals surface area contributed by atoms with Crippen LogP contribution in [0.2, 0.25) is 0 Å². The van der Waals surface area contributed by atoms with Crippen LogP contribution in [0.1, 0.15) is 34.0 Å². The fourth-order valence-corrected chi connectivity index (χ4v) is 4.27. The predicted octanol–water partition coefficient (Wildman–Crippen LogP) is 5.55. The Morgan fingerprint density at radius 1 is 1.13 bits per heavy atom. The molecule has 0 N–H and O–H groups in total. The molecular formula is C24H23N3O2S. The highest BCUT2D eigenvalue weighted by Crippen LogP contribution is 2.33. The van der Waals surface area contributed by atoms with E-state index < -0.39 is 0 Å². The van der Waals surface area contributed by atoms with E-state index in [0.29, 0.717) is 23.8 Å². The minimum atomic E-state index is -0.0656. The van der Waals surface area contributed by atoms with Gasteiger partial charge in [-0.1, -0.05) is 35.1 Å². The Hall–Kier alpha value is -3.25. The van der Waals surface area contributed by atoms with Crippen LogP contribution >= 0.6 is 11.3 Å². The number of ether oxygens (including phenoxy) is 1. The summed E-state index contributed by atoms with van der Waals surface area (Å²) in [5, 5.41) is 0.661. The molecular weight excluding hydrogens is 394 g/mol. The molecule has 5 nitrogen and oxygen atoms in total. The van der Waals surface area contributed by atoms with Crippen molar-refractivity contribution in [2.45, 2.75) is 27.3 Å². The second-order valence-electron chi connectivity index (χ2n) is 7.13. The van der Waals surface area contributed by atoms with Crippen molar-refractivity contribution in [2.75, 3.05) is 11.5 Å². The first-order valence-electron chi connectivity index (χ1n) is 9.86. The number of hydrogen-bond donors (Lipinski definition) is 0. The third kappa shape index (κ3) is 4.19. The Kier molecular flexibility index (Phi) is 5.77. The molecule has 0 aliphatic carbocycles. The lowest BCUT2D eigenvalue weighted by molar-refractivity contribution is 0.0984. The number of amides is 1. The Morgan fingerprint density at radius 3 is 2.77 bits per heavy atom. The summed E-state index contributed by atoms with van der Waals surface area (Å²) in [7, 11) is 0. The van der Waals surface area contributed by atoms with E-state index in [-0.39, 0.29) is 5.91 Å². The SMILES string of the molecule is CCOc1ccc2nc(N(Cc3cccnc3)C(=O)c3cc(C)ccc3C)sc2c1. The zero-order valence-corrected chi connectivity index (χ0v) is 18.1. The number of carbonyl (C=O) groups is 1. The molecule has 0 atom stereocenters. The Morgan fingerprint density at radius 2 is 2.00 bits per heavy atom. The minimum Gasteiger partial charge on any atom is -0.494 e. The number of benzene rings is 2. The lowest BCUT2D eigenvalue weighted by atomic mass is 10.0. The molecule has 0 aliphatic heterocycles. The van der Waals surface area contributed by atoms with Crippen LogP contribution in [0.4, 0.5) is 5.13 Å². The van der Waals surface area contributed by atoms with Gasteiger partial charge in [-0.3, -0.25) is 14.7 Å². The highest BCUT2D eigenvalue weighted by atomic mass is 32.1. The molecule has 2 heterocycles. The first-order chi connectivity index (χ1) is 14.5. The second-order valence-corrected chi connectivity index (χ2v) is 8.14. The molecule has 4 rings (SSSR count). The van der Waals surface area contributed by atoms with Crippen LogP contribution in [0.5, 0.6) is 5.75 Å². The van der Waals surface area contributed by atoms with Gasteiger partial charge in [-0.15, -0.1) is 0 Å². The lowest BCUT2D eigenvalue weighted by Crippen LogP contribution is -2.31. The van der Waals surface area contributed by atoms with Gasteiger partial charge < -0.3 is 4.74 Å². The number of carbonyl (C=O) groups excluding carboxylic acids is 1. The first-order valence-corrected chi connectivity index (χ1v) is 10.7. The van der Waals surface area contributed by atoms with Gasteiger partial charge in [0.1, 0.15) is 5.75 Å². The normalized spacial score (nSPS) is 10.9. The minimum absolute atomic E-state index is 0.0656. The molecule has 1 amide bonds. The van der Waals surface area contributed by atoms with Crippen LogP contribution in [-0.2, 0) is 6.54 Å². The number of aryl methyl sites for hydroxylation is 2. The van der Waals surface area contributed by atoms with Gasteiger partial charge in [-0.25, -0.2) is 4.98 Å². The molecule has 0 saturated heterocycles. The van der Waals surface area contributed by atoms with E-state index in [9.17, 15) is 4.79 Å². The van der Waals surface area contributed by atoms with Crippen LogP contribution < -0.4 is 9.64 Å². The second kappa shape index (κ2) is 8.63. The maximum atomic E-state index is 13.6. The Balaban J connectivity index is 1.77. The highest BCUT2D eigenvalue weighted by Gasteiger charge is 2.23. The van der Waals surface area contributed by atoms with Crippen molar-refractivity contribution in [3.05, 3.63) is 83.2 Å². The molecule has 4 aromatic rings. The summed E-state index contributed by atoms with van der Waals surface area (Å²) < 4.78 is 6.60. The standard InChI is InChI=1S/C24H23N3O2S/c1-4-29-19-9-10-21-22(13-19)30-24(26-21)27(15-18-6-5-11-25-14-18)23(28)20-12-16(2)7-8-17(20)3/h5-14H,4,15H2,1-3H3. The molecule has 6 heteroatoms. The van der Waals surface area contributed by atoms with Crippen LogP contribution in [-0.4, -0.2) is 22.5 Å². The number of hydrogen-bond acceptors (Lipinski definition) is 5. The number of rotatable bonds is 6. The van der Waals surface area contributed by atoms with Crippen molar-refractivity contribution in [2.24, 2.45) is 0 Å². The van der Waals surface area contributed by atoms with Crippen molar-refractivity contribution in [3.63, 3.8) is 0 Å². The van der Waals surface area contributed by atoms with Gasteiger partial charge in [0.25, 0.3) is 5.91 Å². The summed E-state index contributed by atoms with van der Waals surface area (Å²) >= 11 is 1.49. The van der Waals surface area contributed by atoms with Crippen LogP contribution in [0.25, 0.3) is 10.2 Å². The third-order valence-corrected chi connectivity index (χ3v) is 5.86. The van der Waals surface area contributed by atoms with Gasteiger partial charge >= 0.3 is 0 Å². The first kappa shape index (κ1) is 20.0. The van der Waals surface area contributed by atoms with E-state index in [1.54, 1.807) is 17.3 Å². The van der Waals surface area contributed by atoms with Crippen LogP contribution in [0.15, 0.2) is 60.9 Å². The van der Waals surface area contributed by atoms with E-state index in [1.165, 1.54) is 11.3 Å². The smallest absolute Gasteiger partial charge is 0.260 e. The van der Waals surface area contributed by atoms with Crippen molar-refractivity contribution >= 4 is 32.6 Å². The summed E-state index contributed by atoms with van der Waals surface area (Å²) in [5.41, 5.74) is 4.49. The van der Waals surface area contributed by atoms with Crippen molar-refractivity contribution in [3.8, 4) is 5.75 Å². The molecule has 2 aromatic heterocycles. The fourth-order valence-electron chi connectivity index (χ4n) is 3.28. The average Bonchev–Trinajstić information content (AvgIpc) is 3.17. The monoisotopic (exact) mass is 417 g/mol.